The van der Waals surface area contributed by atoms with Crippen molar-refractivity contribution in [3.8, 4) is 0 Å². The Balaban J connectivity index is 1.99. The van der Waals surface area contributed by atoms with Gasteiger partial charge in [0.15, 0.2) is 0 Å². The molecule has 1 aliphatic heterocycles. The molecule has 1 saturated heterocycles. The molecule has 2 N–H and O–H groups in total. The van der Waals surface area contributed by atoms with Crippen molar-refractivity contribution in [2.24, 2.45) is 17.1 Å². The van der Waals surface area contributed by atoms with Gasteiger partial charge in [-0.1, -0.05) is 0 Å². The zero-order valence-corrected chi connectivity index (χ0v) is 5.72. The van der Waals surface area contributed by atoms with Crippen LogP contribution in [0, 0.1) is 11.3 Å². The van der Waals surface area contributed by atoms with Gasteiger partial charge in [-0.25, -0.2) is 0 Å². The predicted octanol–water partition coefficient (Wildman–Crippen LogP) is -0.351. The van der Waals surface area contributed by atoms with Gasteiger partial charge in [0, 0.05) is 24.0 Å². The van der Waals surface area contributed by atoms with Crippen LogP contribution in [0.1, 0.15) is 6.42 Å². The van der Waals surface area contributed by atoms with E-state index < -0.39 is 0 Å². The number of nitrogens with two attached hydrogens (primary N) is 1. The number of nitrogens with zero attached hydrogens (tertiary/aromatic N) is 1. The molecule has 1 heterocycles. The lowest BCUT2D eigenvalue weighted by atomic mass is 10.0. The van der Waals surface area contributed by atoms with E-state index in [1.165, 1.54) is 13.0 Å². The standard InChI is InChI=1S/C7H12N2/c1-9-3-6-2-5(6)7(6,8)4-9/h5H,2-4,8H2,1H3/t5?,6?,7-/m0/s1. The average Bonchev–Trinajstić information content (AvgIpc) is 2.50. The average molecular weight is 124 g/mol. The molecule has 0 aromatic heterocycles. The minimum Gasteiger partial charge on any atom is -0.323 e. The monoisotopic (exact) mass is 124 g/mol. The van der Waals surface area contributed by atoms with Crippen molar-refractivity contribution in [1.29, 1.82) is 0 Å². The lowest BCUT2D eigenvalue weighted by Gasteiger charge is -2.14. The SMILES string of the molecule is CN1CC23CC2[C@@]3(N)C1. The van der Waals surface area contributed by atoms with Crippen molar-refractivity contribution in [3.63, 3.8) is 0 Å². The molecule has 0 amide bonds. The van der Waals surface area contributed by atoms with Gasteiger partial charge in [0.1, 0.15) is 0 Å². The zero-order valence-electron chi connectivity index (χ0n) is 5.72. The second kappa shape index (κ2) is 0.867. The fourth-order valence-electron chi connectivity index (χ4n) is 2.91. The molecule has 50 valence electrons. The first kappa shape index (κ1) is 4.69. The molecule has 3 aliphatic rings. The van der Waals surface area contributed by atoms with Crippen molar-refractivity contribution in [2.45, 2.75) is 12.0 Å². The molecule has 3 fully saturated rings. The van der Waals surface area contributed by atoms with Crippen LogP contribution in [-0.4, -0.2) is 30.6 Å². The van der Waals surface area contributed by atoms with Crippen molar-refractivity contribution < 1.29 is 0 Å². The van der Waals surface area contributed by atoms with E-state index in [9.17, 15) is 0 Å². The van der Waals surface area contributed by atoms with Crippen LogP contribution in [0.5, 0.6) is 0 Å². The van der Waals surface area contributed by atoms with Gasteiger partial charge in [0.2, 0.25) is 0 Å². The number of piperidine rings is 1. The summed E-state index contributed by atoms with van der Waals surface area (Å²) in [6.07, 6.45) is 1.42. The molecule has 2 heteroatoms. The summed E-state index contributed by atoms with van der Waals surface area (Å²) in [5.41, 5.74) is 7.02. The van der Waals surface area contributed by atoms with Crippen molar-refractivity contribution in [2.75, 3.05) is 20.1 Å². The molecule has 1 spiro atoms. The molecule has 2 saturated carbocycles. The minimum absolute atomic E-state index is 0.293. The van der Waals surface area contributed by atoms with E-state index in [0.717, 1.165) is 12.5 Å². The maximum Gasteiger partial charge on any atom is 0.0391 e. The Kier molecular flexibility index (Phi) is 0.452. The number of rotatable bonds is 0. The highest BCUT2D eigenvalue weighted by molar-refractivity contribution is 5.43. The van der Waals surface area contributed by atoms with Crippen molar-refractivity contribution in [1.82, 2.24) is 4.90 Å². The van der Waals surface area contributed by atoms with Crippen LogP contribution < -0.4 is 5.73 Å². The highest BCUT2D eigenvalue weighted by atomic mass is 15.3. The Hall–Kier alpha value is -0.0800. The number of hydrogen-bond acceptors (Lipinski definition) is 2. The molecule has 0 radical (unpaired) electrons. The van der Waals surface area contributed by atoms with Gasteiger partial charge in [-0.15, -0.1) is 0 Å². The van der Waals surface area contributed by atoms with E-state index in [1.807, 2.05) is 0 Å². The van der Waals surface area contributed by atoms with Crippen LogP contribution in [0.4, 0.5) is 0 Å². The van der Waals surface area contributed by atoms with Gasteiger partial charge >= 0.3 is 0 Å². The fourth-order valence-corrected chi connectivity index (χ4v) is 2.91. The van der Waals surface area contributed by atoms with Crippen LogP contribution in [0.15, 0.2) is 0 Å². The van der Waals surface area contributed by atoms with Gasteiger partial charge in [-0.2, -0.15) is 0 Å². The van der Waals surface area contributed by atoms with Crippen molar-refractivity contribution in [3.05, 3.63) is 0 Å². The largest absolute Gasteiger partial charge is 0.323 e. The Morgan fingerprint density at radius 3 is 2.67 bits per heavy atom. The molecule has 2 aliphatic carbocycles. The van der Waals surface area contributed by atoms with Crippen LogP contribution in [0.2, 0.25) is 0 Å². The molecule has 2 nitrogen and oxygen atoms in total. The lowest BCUT2D eigenvalue weighted by Crippen LogP contribution is -2.37. The Morgan fingerprint density at radius 2 is 2.33 bits per heavy atom. The first-order valence-corrected chi connectivity index (χ1v) is 3.66. The minimum atomic E-state index is 0.293. The smallest absolute Gasteiger partial charge is 0.0391 e. The van der Waals surface area contributed by atoms with E-state index in [-0.39, 0.29) is 0 Å². The van der Waals surface area contributed by atoms with E-state index in [2.05, 4.69) is 11.9 Å². The second-order valence-corrected chi connectivity index (χ2v) is 4.13. The molecule has 0 bridgehead atoms. The summed E-state index contributed by atoms with van der Waals surface area (Å²) in [4.78, 5) is 2.36. The third-order valence-corrected chi connectivity index (χ3v) is 3.62. The normalized spacial score (nSPS) is 69.3. The molecular weight excluding hydrogens is 112 g/mol. The highest BCUT2D eigenvalue weighted by Crippen LogP contribution is 2.83. The molecule has 0 aromatic carbocycles. The lowest BCUT2D eigenvalue weighted by molar-refractivity contribution is 0.360. The predicted molar refractivity (Wildman–Crippen MR) is 35.0 cm³/mol. The van der Waals surface area contributed by atoms with Crippen LogP contribution in [0.25, 0.3) is 0 Å². The van der Waals surface area contributed by atoms with Crippen LogP contribution in [-0.2, 0) is 0 Å². The Bertz CT molecular complexity index is 179. The fraction of sp³-hybridized carbons (Fsp3) is 1.00. The van der Waals surface area contributed by atoms with Gasteiger partial charge in [-0.3, -0.25) is 0 Å². The quantitative estimate of drug-likeness (QED) is 0.478. The summed E-state index contributed by atoms with van der Waals surface area (Å²) in [6.45, 7) is 2.42. The third-order valence-electron chi connectivity index (χ3n) is 3.62. The highest BCUT2D eigenvalue weighted by Gasteiger charge is 2.89. The molecular formula is C7H12N2. The second-order valence-electron chi connectivity index (χ2n) is 4.13. The molecule has 9 heavy (non-hydrogen) atoms. The first-order chi connectivity index (χ1) is 4.19. The summed E-state index contributed by atoms with van der Waals surface area (Å²) >= 11 is 0. The molecule has 0 aromatic rings. The zero-order chi connectivity index (χ0) is 6.28. The van der Waals surface area contributed by atoms with E-state index in [4.69, 9.17) is 5.73 Å². The molecule has 3 rings (SSSR count). The summed E-state index contributed by atoms with van der Waals surface area (Å²) in [5.74, 6) is 0.932. The van der Waals surface area contributed by atoms with E-state index in [0.29, 0.717) is 11.0 Å². The van der Waals surface area contributed by atoms with Gasteiger partial charge in [0.05, 0.1) is 0 Å². The summed E-state index contributed by atoms with van der Waals surface area (Å²) in [6, 6.07) is 0. The Morgan fingerprint density at radius 1 is 1.56 bits per heavy atom. The summed E-state index contributed by atoms with van der Waals surface area (Å²) < 4.78 is 0. The number of likely N-dealkylation sites (N-methyl/N-ethyl adjacent to an activating group) is 1. The van der Waals surface area contributed by atoms with Gasteiger partial charge < -0.3 is 10.6 Å². The summed E-state index contributed by atoms with van der Waals surface area (Å²) in [5, 5.41) is 0. The van der Waals surface area contributed by atoms with Crippen molar-refractivity contribution >= 4 is 0 Å². The maximum absolute atomic E-state index is 6.08. The number of fused-ring (bicyclic) bond motifs is 1. The Labute approximate surface area is 55.0 Å². The maximum atomic E-state index is 6.08. The molecule has 3 atom stereocenters. The number of likely N-dealkylation sites (tertiary alicyclic amines) is 1. The molecule has 2 unspecified atom stereocenters. The van der Waals surface area contributed by atoms with E-state index >= 15 is 0 Å². The van der Waals surface area contributed by atoms with Gasteiger partial charge in [0.25, 0.3) is 0 Å². The van der Waals surface area contributed by atoms with Crippen LogP contribution in [0.3, 0.4) is 0 Å². The number of hydrogen-bond donors (Lipinski definition) is 1. The first-order valence-electron chi connectivity index (χ1n) is 3.66. The topological polar surface area (TPSA) is 29.3 Å². The van der Waals surface area contributed by atoms with E-state index in [1.54, 1.807) is 0 Å². The summed E-state index contributed by atoms with van der Waals surface area (Å²) in [7, 11) is 2.17. The third kappa shape index (κ3) is 0.272. The van der Waals surface area contributed by atoms with Gasteiger partial charge in [-0.05, 0) is 19.4 Å². The van der Waals surface area contributed by atoms with Crippen LogP contribution >= 0.6 is 0 Å².